The fourth-order valence-electron chi connectivity index (χ4n) is 4.76. The maximum absolute atomic E-state index is 13.2. The number of carbonyl (C=O) groups is 4. The smallest absolute Gasteiger partial charge is 0.293 e. The number of primary sulfonamides is 1. The first kappa shape index (κ1) is 34.6. The summed E-state index contributed by atoms with van der Waals surface area (Å²) in [5.41, 5.74) is -0.449. The molecule has 2 heterocycles. The van der Waals surface area contributed by atoms with E-state index >= 15 is 0 Å². The van der Waals surface area contributed by atoms with E-state index in [1.54, 1.807) is 32.9 Å². The minimum absolute atomic E-state index is 0. The van der Waals surface area contributed by atoms with Gasteiger partial charge in [-0.25, -0.2) is 13.6 Å². The zero-order valence-electron chi connectivity index (χ0n) is 24.0. The van der Waals surface area contributed by atoms with Crippen molar-refractivity contribution in [1.29, 1.82) is 0 Å². The van der Waals surface area contributed by atoms with Crippen LogP contribution in [0, 0.1) is 16.2 Å². The largest absolute Gasteiger partial charge is 0.547 e. The van der Waals surface area contributed by atoms with Crippen LogP contribution in [0.2, 0.25) is 0 Å². The molecule has 2 aromatic rings. The molecule has 4 rings (SSSR count). The van der Waals surface area contributed by atoms with Crippen LogP contribution in [-0.2, 0) is 41.4 Å². The Labute approximate surface area is 263 Å². The van der Waals surface area contributed by atoms with Crippen LogP contribution in [0.25, 0.3) is 0 Å². The van der Waals surface area contributed by atoms with Crippen molar-refractivity contribution in [1.82, 2.24) is 10.2 Å². The summed E-state index contributed by atoms with van der Waals surface area (Å²) in [4.78, 5) is 61.4. The van der Waals surface area contributed by atoms with Gasteiger partial charge in [-0.2, -0.15) is 13.0 Å². The predicted octanol–water partition coefficient (Wildman–Crippen LogP) is 1.90. The first-order valence-corrected chi connectivity index (χ1v) is 14.8. The summed E-state index contributed by atoms with van der Waals surface area (Å²) in [6.07, 6.45) is 1.10. The molecule has 237 valence electrons. The number of carbonyl (C=O) groups excluding carboxylic acids is 4. The Morgan fingerprint density at radius 3 is 2.50 bits per heavy atom. The molecule has 1 atom stereocenters. The Morgan fingerprint density at radius 1 is 1.16 bits per heavy atom. The molecule has 0 aliphatic carbocycles. The van der Waals surface area contributed by atoms with Crippen molar-refractivity contribution >= 4 is 50.7 Å². The average Bonchev–Trinajstić information content (AvgIpc) is 3.17. The first-order valence-electron chi connectivity index (χ1n) is 13.2. The normalized spacial score (nSPS) is 16.8. The molecule has 15 nitrogen and oxygen atoms in total. The molecule has 2 aromatic carbocycles. The van der Waals surface area contributed by atoms with E-state index < -0.39 is 55.8 Å². The minimum Gasteiger partial charge on any atom is -0.547 e. The van der Waals surface area contributed by atoms with Gasteiger partial charge >= 0.3 is 0 Å². The number of imide groups is 2. The Morgan fingerprint density at radius 2 is 1.86 bits per heavy atom. The number of piperidine rings is 1. The van der Waals surface area contributed by atoms with E-state index in [0.29, 0.717) is 24.8 Å². The third-order valence-electron chi connectivity index (χ3n) is 6.91. The van der Waals surface area contributed by atoms with Gasteiger partial charge in [0.15, 0.2) is 0 Å². The van der Waals surface area contributed by atoms with Gasteiger partial charge in [0.25, 0.3) is 17.5 Å². The van der Waals surface area contributed by atoms with Crippen molar-refractivity contribution < 1.29 is 54.3 Å². The Hall–Kier alpha value is -3.89. The van der Waals surface area contributed by atoms with Gasteiger partial charge in [0.1, 0.15) is 11.7 Å². The number of rotatable bonds is 12. The van der Waals surface area contributed by atoms with E-state index in [1.807, 2.05) is 0 Å². The van der Waals surface area contributed by atoms with Gasteiger partial charge in [0, 0.05) is 41.9 Å². The van der Waals surface area contributed by atoms with Crippen LogP contribution >= 0.6 is 0 Å². The van der Waals surface area contributed by atoms with Crippen molar-refractivity contribution in [2.45, 2.75) is 56.5 Å². The van der Waals surface area contributed by atoms with Crippen LogP contribution in [0.4, 0.5) is 17.1 Å². The standard InChI is InChI=1S/C27H31N6O9S.Mn/c1-15(42-14-27(2,3)31-18-8-7-16(43(28,40)41)13-21(18)33(38)39)11-12-29-19-6-4-5-17-23(19)26(37)32(25(17)36)20-9-10-22(34)30-24(20)35;/h4-8,13,20,29,31H,9-12,14H2,1-3H3,(H2,28,40,41)(H,30,34,35);/q-1;. The van der Waals surface area contributed by atoms with Crippen LogP contribution in [0.5, 0.6) is 0 Å². The maximum Gasteiger partial charge on any atom is 0.293 e. The third kappa shape index (κ3) is 7.60. The second-order valence-corrected chi connectivity index (χ2v) is 12.4. The third-order valence-corrected chi connectivity index (χ3v) is 7.82. The molecule has 1 saturated heterocycles. The van der Waals surface area contributed by atoms with Gasteiger partial charge in [-0.3, -0.25) is 39.5 Å². The zero-order chi connectivity index (χ0) is 31.7. The number of amides is 4. The molecule has 1 unspecified atom stereocenters. The maximum atomic E-state index is 13.2. The summed E-state index contributed by atoms with van der Waals surface area (Å²) < 4.78 is 29.1. The van der Waals surface area contributed by atoms with E-state index in [2.05, 4.69) is 16.0 Å². The summed E-state index contributed by atoms with van der Waals surface area (Å²) >= 11 is 0. The van der Waals surface area contributed by atoms with Crippen molar-refractivity contribution in [2.24, 2.45) is 5.14 Å². The van der Waals surface area contributed by atoms with Crippen LogP contribution in [-0.4, -0.2) is 66.6 Å². The number of nitro benzene ring substituents is 1. The summed E-state index contributed by atoms with van der Waals surface area (Å²) in [6.45, 7) is 5.67. The number of fused-ring (bicyclic) bond motifs is 1. The summed E-state index contributed by atoms with van der Waals surface area (Å²) in [7, 11) is -4.12. The molecule has 0 saturated carbocycles. The molecule has 17 heteroatoms. The van der Waals surface area contributed by atoms with Gasteiger partial charge in [-0.05, 0) is 51.1 Å². The van der Waals surface area contributed by atoms with Crippen LogP contribution in [0.3, 0.4) is 0 Å². The van der Waals surface area contributed by atoms with Gasteiger partial charge in [-0.1, -0.05) is 6.07 Å². The fourth-order valence-corrected chi connectivity index (χ4v) is 5.29. The summed E-state index contributed by atoms with van der Waals surface area (Å²) in [6, 6.07) is 7.05. The Bertz CT molecular complexity index is 1610. The minimum atomic E-state index is -4.12. The van der Waals surface area contributed by atoms with Gasteiger partial charge in [-0.15, -0.1) is 6.42 Å². The number of hydrogen-bond acceptors (Lipinski definition) is 11. The van der Waals surface area contributed by atoms with Crippen LogP contribution in [0.1, 0.15) is 60.7 Å². The first-order chi connectivity index (χ1) is 20.1. The molecule has 4 amide bonds. The average molecular weight is 671 g/mol. The summed E-state index contributed by atoms with van der Waals surface area (Å²) in [5.74, 6) is -2.35. The van der Waals surface area contributed by atoms with Crippen molar-refractivity contribution in [3.63, 3.8) is 0 Å². The Kier molecular flexibility index (Phi) is 10.5. The molecule has 0 spiro atoms. The second kappa shape index (κ2) is 13.4. The van der Waals surface area contributed by atoms with Crippen LogP contribution in [0.15, 0.2) is 41.3 Å². The number of nitrogens with two attached hydrogens (primary N) is 1. The van der Waals surface area contributed by atoms with E-state index in [1.165, 1.54) is 18.2 Å². The predicted molar refractivity (Wildman–Crippen MR) is 153 cm³/mol. The molecule has 2 aliphatic heterocycles. The van der Waals surface area contributed by atoms with Gasteiger partial charge < -0.3 is 15.4 Å². The van der Waals surface area contributed by atoms with E-state index in [0.717, 1.165) is 11.0 Å². The Balaban J connectivity index is 0.00000529. The topological polar surface area (TPSA) is 220 Å². The van der Waals surface area contributed by atoms with Crippen molar-refractivity contribution in [2.75, 3.05) is 23.8 Å². The molecular formula is C27H31MnN6O9S-. The molecule has 44 heavy (non-hydrogen) atoms. The number of nitro groups is 1. The van der Waals surface area contributed by atoms with E-state index in [-0.39, 0.29) is 58.2 Å². The molecule has 1 fully saturated rings. The number of sulfonamides is 1. The molecular weight excluding hydrogens is 639 g/mol. The van der Waals surface area contributed by atoms with Crippen molar-refractivity contribution in [3.8, 4) is 0 Å². The van der Waals surface area contributed by atoms with Crippen molar-refractivity contribution in [3.05, 3.63) is 63.7 Å². The molecule has 2 aliphatic rings. The monoisotopic (exact) mass is 670 g/mol. The number of hydrogen-bond donors (Lipinski definition) is 4. The number of nitrogens with zero attached hydrogens (tertiary/aromatic N) is 2. The molecule has 0 aromatic heterocycles. The zero-order valence-corrected chi connectivity index (χ0v) is 26.0. The van der Waals surface area contributed by atoms with Gasteiger partial charge in [0.05, 0.1) is 26.5 Å². The number of nitrogens with one attached hydrogen (secondary N) is 3. The second-order valence-electron chi connectivity index (χ2n) is 10.8. The number of anilines is 2. The number of benzene rings is 2. The van der Waals surface area contributed by atoms with E-state index in [9.17, 15) is 37.7 Å². The number of ether oxygens (including phenoxy) is 1. The van der Waals surface area contributed by atoms with E-state index in [4.69, 9.17) is 9.88 Å². The quantitative estimate of drug-likeness (QED) is 0.0840. The molecule has 0 bridgehead atoms. The fraction of sp³-hybridized carbons (Fsp3) is 0.370. The summed E-state index contributed by atoms with van der Waals surface area (Å²) in [5, 5.41) is 24.9. The van der Waals surface area contributed by atoms with Crippen LogP contribution < -0.4 is 21.1 Å². The molecule has 5 N–H and O–H groups in total. The SMILES string of the molecule is C[C-](CCNc1cccc2c1C(=O)N(C1CCC(=O)NC1=O)C2=O)OCC(C)(C)Nc1ccc(S(N)(=O)=O)cc1[N+](=O)[O-].[Mn]. The van der Waals surface area contributed by atoms with Gasteiger partial charge in [0.2, 0.25) is 21.8 Å². The molecule has 1 radical (unpaired) electrons.